The van der Waals surface area contributed by atoms with Gasteiger partial charge in [-0.05, 0) is 68.9 Å². The van der Waals surface area contributed by atoms with E-state index in [1.165, 1.54) is 18.4 Å². The number of hydrogen-bond acceptors (Lipinski definition) is 4. The normalized spacial score (nSPS) is 36.8. The zero-order valence-corrected chi connectivity index (χ0v) is 16.7. The van der Waals surface area contributed by atoms with E-state index in [1.54, 1.807) is 6.26 Å². The van der Waals surface area contributed by atoms with E-state index in [2.05, 4.69) is 25.7 Å². The third-order valence-corrected chi connectivity index (χ3v) is 7.41. The Bertz CT molecular complexity index is 682. The molecule has 0 spiro atoms. The highest BCUT2D eigenvalue weighted by molar-refractivity contribution is 5.75. The first-order valence-electron chi connectivity index (χ1n) is 10.6. The summed E-state index contributed by atoms with van der Waals surface area (Å²) < 4.78 is 11.3. The predicted molar refractivity (Wildman–Crippen MR) is 105 cm³/mol. The van der Waals surface area contributed by atoms with Crippen LogP contribution in [0.25, 0.3) is 0 Å². The van der Waals surface area contributed by atoms with Crippen molar-refractivity contribution < 1.29 is 13.9 Å². The smallest absolute Gasteiger partial charge is 0.310 e. The van der Waals surface area contributed by atoms with E-state index in [4.69, 9.17) is 9.15 Å². The Kier molecular flexibility index (Phi) is 5.19. The molecule has 0 bridgehead atoms. The number of esters is 1. The molecule has 0 radical (unpaired) electrons. The first kappa shape index (κ1) is 18.8. The fraction of sp³-hybridized carbons (Fsp3) is 0.696. The van der Waals surface area contributed by atoms with Crippen molar-refractivity contribution in [2.45, 2.75) is 70.9 Å². The van der Waals surface area contributed by atoms with Crippen LogP contribution >= 0.6 is 0 Å². The lowest BCUT2D eigenvalue weighted by molar-refractivity contribution is -0.146. The molecule has 1 saturated heterocycles. The standard InChI is InChI=1S/C23H33NO3/c1-15-6-4-10-23(3)13-21-18(12-20(15)23)19(22(25)27-21)14-24-16(2)8-9-17-7-5-11-26-17/h5,7,11,16,18-21,24H,1,4,6,8-10,12-14H2,2-3H3/t16-,18+,19-,20-,21+,23+/m0/s1. The van der Waals surface area contributed by atoms with Crippen molar-refractivity contribution in [1.29, 1.82) is 0 Å². The van der Waals surface area contributed by atoms with Gasteiger partial charge >= 0.3 is 5.97 Å². The quantitative estimate of drug-likeness (QED) is 0.591. The summed E-state index contributed by atoms with van der Waals surface area (Å²) in [6.07, 6.45) is 9.45. The maximum Gasteiger partial charge on any atom is 0.310 e. The minimum absolute atomic E-state index is 0.00333. The number of rotatable bonds is 6. The third-order valence-electron chi connectivity index (χ3n) is 7.41. The van der Waals surface area contributed by atoms with E-state index < -0.39 is 0 Å². The van der Waals surface area contributed by atoms with Gasteiger partial charge in [0.25, 0.3) is 0 Å². The number of carbonyl (C=O) groups excluding carboxylic acids is 1. The lowest BCUT2D eigenvalue weighted by atomic mass is 9.55. The van der Waals surface area contributed by atoms with Gasteiger partial charge in [-0.1, -0.05) is 19.1 Å². The Morgan fingerprint density at radius 3 is 3.07 bits per heavy atom. The molecule has 27 heavy (non-hydrogen) atoms. The van der Waals surface area contributed by atoms with Crippen LogP contribution in [0.3, 0.4) is 0 Å². The molecule has 1 aromatic rings. The number of nitrogens with one attached hydrogen (secondary N) is 1. The summed E-state index contributed by atoms with van der Waals surface area (Å²) in [5.41, 5.74) is 1.68. The molecule has 0 aromatic carbocycles. The third kappa shape index (κ3) is 3.73. The van der Waals surface area contributed by atoms with Gasteiger partial charge in [0.1, 0.15) is 11.9 Å². The van der Waals surface area contributed by atoms with E-state index in [0.717, 1.165) is 44.4 Å². The van der Waals surface area contributed by atoms with E-state index in [9.17, 15) is 4.79 Å². The maximum absolute atomic E-state index is 12.6. The van der Waals surface area contributed by atoms with Crippen LogP contribution < -0.4 is 5.32 Å². The number of furan rings is 1. The van der Waals surface area contributed by atoms with Crippen LogP contribution in [0.2, 0.25) is 0 Å². The molecular formula is C23H33NO3. The summed E-state index contributed by atoms with van der Waals surface area (Å²) in [5, 5.41) is 3.58. The van der Waals surface area contributed by atoms with Crippen molar-refractivity contribution in [1.82, 2.24) is 5.32 Å². The van der Waals surface area contributed by atoms with Crippen LogP contribution in [0.15, 0.2) is 35.0 Å². The van der Waals surface area contributed by atoms with Crippen molar-refractivity contribution in [3.63, 3.8) is 0 Å². The summed E-state index contributed by atoms with van der Waals surface area (Å²) >= 11 is 0. The predicted octanol–water partition coefficient (Wildman–Crippen LogP) is 4.50. The van der Waals surface area contributed by atoms with Gasteiger partial charge in [-0.25, -0.2) is 0 Å². The van der Waals surface area contributed by atoms with Gasteiger partial charge < -0.3 is 14.5 Å². The van der Waals surface area contributed by atoms with E-state index in [1.807, 2.05) is 12.1 Å². The first-order valence-corrected chi connectivity index (χ1v) is 10.6. The van der Waals surface area contributed by atoms with Crippen molar-refractivity contribution in [2.75, 3.05) is 6.54 Å². The molecule has 2 aliphatic carbocycles. The molecule has 148 valence electrons. The molecule has 0 unspecified atom stereocenters. The lowest BCUT2D eigenvalue weighted by Gasteiger charge is -2.50. The van der Waals surface area contributed by atoms with Gasteiger partial charge in [-0.15, -0.1) is 0 Å². The SMILES string of the molecule is C=C1CCC[C@]2(C)C[C@H]3OC(=O)[C@@H](CN[C@@H](C)CCc4ccco4)[C@H]3C[C@@H]12. The average Bonchev–Trinajstić information content (AvgIpc) is 3.23. The highest BCUT2D eigenvalue weighted by Gasteiger charge is 2.54. The fourth-order valence-electron chi connectivity index (χ4n) is 5.73. The molecular weight excluding hydrogens is 338 g/mol. The molecule has 1 aliphatic heterocycles. The largest absolute Gasteiger partial charge is 0.469 e. The first-order chi connectivity index (χ1) is 13.0. The van der Waals surface area contributed by atoms with Crippen LogP contribution in [0.4, 0.5) is 0 Å². The van der Waals surface area contributed by atoms with Crippen LogP contribution in [-0.2, 0) is 16.0 Å². The van der Waals surface area contributed by atoms with E-state index >= 15 is 0 Å². The van der Waals surface area contributed by atoms with Gasteiger partial charge in [0.2, 0.25) is 0 Å². The number of aryl methyl sites for hydroxylation is 1. The minimum atomic E-state index is -0.0136. The molecule has 4 rings (SSSR count). The second-order valence-electron chi connectivity index (χ2n) is 9.33. The number of fused-ring (bicyclic) bond motifs is 2. The number of allylic oxidation sites excluding steroid dienone is 1. The Morgan fingerprint density at radius 2 is 2.30 bits per heavy atom. The zero-order chi connectivity index (χ0) is 19.0. The summed E-state index contributed by atoms with van der Waals surface area (Å²) in [5.74, 6) is 1.91. The Morgan fingerprint density at radius 1 is 1.44 bits per heavy atom. The Balaban J connectivity index is 1.34. The summed E-state index contributed by atoms with van der Waals surface area (Å²) in [4.78, 5) is 12.6. The van der Waals surface area contributed by atoms with Gasteiger partial charge in [0.05, 0.1) is 12.2 Å². The van der Waals surface area contributed by atoms with Crippen LogP contribution in [0.5, 0.6) is 0 Å². The molecule has 1 N–H and O–H groups in total. The molecule has 2 saturated carbocycles. The highest BCUT2D eigenvalue weighted by atomic mass is 16.6. The Labute approximate surface area is 162 Å². The van der Waals surface area contributed by atoms with Gasteiger partial charge in [-0.3, -0.25) is 4.79 Å². The van der Waals surface area contributed by atoms with Crippen molar-refractivity contribution in [3.05, 3.63) is 36.3 Å². The second kappa shape index (κ2) is 7.46. The van der Waals surface area contributed by atoms with Gasteiger partial charge in [-0.2, -0.15) is 0 Å². The Hall–Kier alpha value is -1.55. The average molecular weight is 372 g/mol. The monoisotopic (exact) mass is 371 g/mol. The van der Waals surface area contributed by atoms with Crippen molar-refractivity contribution >= 4 is 5.97 Å². The lowest BCUT2D eigenvalue weighted by Crippen LogP contribution is -2.45. The number of carbonyl (C=O) groups is 1. The number of hydrogen-bond donors (Lipinski definition) is 1. The van der Waals surface area contributed by atoms with Gasteiger partial charge in [0, 0.05) is 24.9 Å². The van der Waals surface area contributed by atoms with Crippen LogP contribution in [0, 0.1) is 23.2 Å². The van der Waals surface area contributed by atoms with E-state index in [-0.39, 0.29) is 23.4 Å². The molecule has 1 aromatic heterocycles. The fourth-order valence-corrected chi connectivity index (χ4v) is 5.73. The molecule has 6 atom stereocenters. The number of ether oxygens (including phenoxy) is 1. The minimum Gasteiger partial charge on any atom is -0.469 e. The molecule has 0 amide bonds. The van der Waals surface area contributed by atoms with Gasteiger partial charge in [0.15, 0.2) is 0 Å². The summed E-state index contributed by atoms with van der Waals surface area (Å²) in [7, 11) is 0. The summed E-state index contributed by atoms with van der Waals surface area (Å²) in [6.45, 7) is 9.66. The maximum atomic E-state index is 12.6. The topological polar surface area (TPSA) is 51.5 Å². The zero-order valence-electron chi connectivity index (χ0n) is 16.7. The second-order valence-corrected chi connectivity index (χ2v) is 9.33. The molecule has 3 fully saturated rings. The van der Waals surface area contributed by atoms with Crippen molar-refractivity contribution in [3.8, 4) is 0 Å². The molecule has 4 heteroatoms. The van der Waals surface area contributed by atoms with Crippen molar-refractivity contribution in [2.24, 2.45) is 23.2 Å². The molecule has 2 heterocycles. The van der Waals surface area contributed by atoms with Crippen LogP contribution in [-0.4, -0.2) is 24.7 Å². The van der Waals surface area contributed by atoms with E-state index in [0.29, 0.717) is 17.9 Å². The van der Waals surface area contributed by atoms with Crippen LogP contribution in [0.1, 0.15) is 58.1 Å². The molecule has 4 nitrogen and oxygen atoms in total. The molecule has 3 aliphatic rings. The summed E-state index contributed by atoms with van der Waals surface area (Å²) in [6, 6.07) is 4.29. The highest BCUT2D eigenvalue weighted by Crippen LogP contribution is 2.56.